The van der Waals surface area contributed by atoms with Gasteiger partial charge in [0, 0.05) is 11.1 Å². The number of benzene rings is 2. The van der Waals surface area contributed by atoms with Gasteiger partial charge in [-0.05, 0) is 17.7 Å². The summed E-state index contributed by atoms with van der Waals surface area (Å²) in [5.41, 5.74) is 3.27. The molecule has 0 spiro atoms. The molecular weight excluding hydrogens is 208 g/mol. The van der Waals surface area contributed by atoms with Crippen LogP contribution in [0.5, 0.6) is 5.75 Å². The molecule has 0 saturated heterocycles. The van der Waals surface area contributed by atoms with Crippen molar-refractivity contribution in [2.75, 3.05) is 0 Å². The van der Waals surface area contributed by atoms with E-state index in [9.17, 15) is 0 Å². The molecule has 1 aliphatic rings. The summed E-state index contributed by atoms with van der Waals surface area (Å²) in [6, 6.07) is 18.1. The minimum Gasteiger partial charge on any atom is -0.457 e. The van der Waals surface area contributed by atoms with Crippen LogP contribution in [0.2, 0.25) is 0 Å². The lowest BCUT2D eigenvalue weighted by Crippen LogP contribution is -2.03. The highest BCUT2D eigenvalue weighted by Gasteiger charge is 2.15. The number of fused-ring (bicyclic) bond motifs is 1. The molecule has 0 atom stereocenters. The predicted molar refractivity (Wildman–Crippen MR) is 70.5 cm³/mol. The van der Waals surface area contributed by atoms with Crippen molar-refractivity contribution in [3.63, 3.8) is 0 Å². The quantitative estimate of drug-likeness (QED) is 0.702. The maximum absolute atomic E-state index is 5.74. The summed E-state index contributed by atoms with van der Waals surface area (Å²) in [5, 5.41) is 0. The lowest BCUT2D eigenvalue weighted by atomic mass is 9.99. The smallest absolute Gasteiger partial charge is 0.134 e. The van der Waals surface area contributed by atoms with Crippen LogP contribution in [-0.4, -0.2) is 0 Å². The minimum atomic E-state index is 0.704. The average Bonchev–Trinajstić information content (AvgIpc) is 2.39. The first-order chi connectivity index (χ1) is 8.34. The molecule has 1 nitrogen and oxygen atoms in total. The van der Waals surface area contributed by atoms with Crippen LogP contribution in [0, 0.1) is 0 Å². The van der Waals surface area contributed by atoms with Crippen molar-refractivity contribution in [3.05, 3.63) is 78.1 Å². The summed E-state index contributed by atoms with van der Waals surface area (Å²) >= 11 is 0. The van der Waals surface area contributed by atoms with E-state index in [1.165, 1.54) is 0 Å². The van der Waals surface area contributed by atoms with E-state index in [0.29, 0.717) is 5.76 Å². The van der Waals surface area contributed by atoms with E-state index in [0.717, 1.165) is 22.4 Å². The largest absolute Gasteiger partial charge is 0.457 e. The molecule has 0 fully saturated rings. The monoisotopic (exact) mass is 220 g/mol. The molecule has 1 aliphatic heterocycles. The zero-order chi connectivity index (χ0) is 11.7. The predicted octanol–water partition coefficient (Wildman–Crippen LogP) is 4.13. The first-order valence-corrected chi connectivity index (χ1v) is 5.58. The van der Waals surface area contributed by atoms with Crippen LogP contribution in [0.4, 0.5) is 0 Å². The van der Waals surface area contributed by atoms with Gasteiger partial charge >= 0.3 is 0 Å². The van der Waals surface area contributed by atoms with Gasteiger partial charge in [0.15, 0.2) is 0 Å². The topological polar surface area (TPSA) is 9.23 Å². The van der Waals surface area contributed by atoms with E-state index in [2.05, 4.69) is 24.8 Å². The molecule has 0 N–H and O–H groups in total. The van der Waals surface area contributed by atoms with E-state index in [4.69, 9.17) is 4.74 Å². The third-order valence-electron chi connectivity index (χ3n) is 2.84. The Bertz CT molecular complexity index is 594. The molecule has 0 saturated carbocycles. The Morgan fingerprint density at radius 3 is 2.35 bits per heavy atom. The third kappa shape index (κ3) is 1.76. The summed E-state index contributed by atoms with van der Waals surface area (Å²) in [5.74, 6) is 1.58. The highest BCUT2D eigenvalue weighted by atomic mass is 16.5. The average molecular weight is 220 g/mol. The van der Waals surface area contributed by atoms with E-state index >= 15 is 0 Å². The number of para-hydroxylation sites is 1. The van der Waals surface area contributed by atoms with Crippen molar-refractivity contribution in [3.8, 4) is 5.75 Å². The van der Waals surface area contributed by atoms with Gasteiger partial charge < -0.3 is 4.74 Å². The molecule has 0 bridgehead atoms. The Morgan fingerprint density at radius 2 is 1.53 bits per heavy atom. The molecule has 2 aromatic rings. The van der Waals surface area contributed by atoms with Crippen molar-refractivity contribution in [2.45, 2.75) is 0 Å². The lowest BCUT2D eigenvalue weighted by Gasteiger charge is -2.19. The maximum Gasteiger partial charge on any atom is 0.134 e. The Balaban J connectivity index is 2.13. The van der Waals surface area contributed by atoms with E-state index in [1.807, 2.05) is 42.5 Å². The van der Waals surface area contributed by atoms with Gasteiger partial charge in [-0.2, -0.15) is 0 Å². The van der Waals surface area contributed by atoms with Gasteiger partial charge in [0.05, 0.1) is 0 Å². The SMILES string of the molecule is C=C1Oc2ccccc2C=C1c1ccccc1. The van der Waals surface area contributed by atoms with Gasteiger partial charge in [0.25, 0.3) is 0 Å². The van der Waals surface area contributed by atoms with Gasteiger partial charge in [0.1, 0.15) is 11.5 Å². The second-order valence-electron chi connectivity index (χ2n) is 3.99. The molecule has 3 rings (SSSR count). The molecule has 0 unspecified atom stereocenters. The van der Waals surface area contributed by atoms with Crippen LogP contribution in [0.3, 0.4) is 0 Å². The Labute approximate surface area is 101 Å². The van der Waals surface area contributed by atoms with Gasteiger partial charge in [-0.3, -0.25) is 0 Å². The molecule has 2 aromatic carbocycles. The van der Waals surface area contributed by atoms with Crippen LogP contribution in [0.15, 0.2) is 66.9 Å². The fraction of sp³-hybridized carbons (Fsp3) is 0. The van der Waals surface area contributed by atoms with Crippen LogP contribution in [0.25, 0.3) is 11.6 Å². The Hall–Kier alpha value is -2.28. The minimum absolute atomic E-state index is 0.704. The molecule has 1 heteroatoms. The summed E-state index contributed by atoms with van der Waals surface area (Å²) in [4.78, 5) is 0. The first-order valence-electron chi connectivity index (χ1n) is 5.58. The highest BCUT2D eigenvalue weighted by Crippen LogP contribution is 2.35. The van der Waals surface area contributed by atoms with Gasteiger partial charge in [-0.15, -0.1) is 0 Å². The fourth-order valence-corrected chi connectivity index (χ4v) is 1.98. The standard InChI is InChI=1S/C16H12O/c1-12-15(13-7-3-2-4-8-13)11-14-9-5-6-10-16(14)17-12/h2-11H,1H2. The molecule has 0 radical (unpaired) electrons. The fourth-order valence-electron chi connectivity index (χ4n) is 1.98. The molecular formula is C16H12O. The van der Waals surface area contributed by atoms with Gasteiger partial charge in [-0.1, -0.05) is 55.1 Å². The van der Waals surface area contributed by atoms with Gasteiger partial charge in [0.2, 0.25) is 0 Å². The summed E-state index contributed by atoms with van der Waals surface area (Å²) < 4.78 is 5.74. The molecule has 1 heterocycles. The van der Waals surface area contributed by atoms with Crippen molar-refractivity contribution in [1.82, 2.24) is 0 Å². The molecule has 82 valence electrons. The zero-order valence-electron chi connectivity index (χ0n) is 9.39. The van der Waals surface area contributed by atoms with Crippen molar-refractivity contribution in [2.24, 2.45) is 0 Å². The second kappa shape index (κ2) is 3.95. The molecule has 0 aromatic heterocycles. The summed E-state index contributed by atoms with van der Waals surface area (Å²) in [6.45, 7) is 3.98. The third-order valence-corrected chi connectivity index (χ3v) is 2.84. The normalized spacial score (nSPS) is 13.6. The van der Waals surface area contributed by atoms with Crippen molar-refractivity contribution < 1.29 is 4.74 Å². The zero-order valence-corrected chi connectivity index (χ0v) is 9.39. The van der Waals surface area contributed by atoms with Crippen LogP contribution in [0.1, 0.15) is 11.1 Å². The maximum atomic E-state index is 5.74. The number of rotatable bonds is 1. The van der Waals surface area contributed by atoms with E-state index in [-0.39, 0.29) is 0 Å². The van der Waals surface area contributed by atoms with Gasteiger partial charge in [-0.25, -0.2) is 0 Å². The van der Waals surface area contributed by atoms with E-state index in [1.54, 1.807) is 0 Å². The molecule has 17 heavy (non-hydrogen) atoms. The second-order valence-corrected chi connectivity index (χ2v) is 3.99. The van der Waals surface area contributed by atoms with Crippen LogP contribution < -0.4 is 4.74 Å². The molecule has 0 aliphatic carbocycles. The number of hydrogen-bond acceptors (Lipinski definition) is 1. The van der Waals surface area contributed by atoms with Crippen molar-refractivity contribution >= 4 is 11.6 Å². The molecule has 0 amide bonds. The highest BCUT2D eigenvalue weighted by molar-refractivity contribution is 5.92. The number of allylic oxidation sites excluding steroid dienone is 1. The first kappa shape index (κ1) is 9.91. The van der Waals surface area contributed by atoms with Crippen LogP contribution in [-0.2, 0) is 0 Å². The number of ether oxygens (including phenoxy) is 1. The van der Waals surface area contributed by atoms with E-state index < -0.39 is 0 Å². The Kier molecular flexibility index (Phi) is 2.30. The Morgan fingerprint density at radius 1 is 0.824 bits per heavy atom. The van der Waals surface area contributed by atoms with Crippen LogP contribution >= 0.6 is 0 Å². The number of hydrogen-bond donors (Lipinski definition) is 0. The summed E-state index contributed by atoms with van der Waals surface area (Å²) in [7, 11) is 0. The summed E-state index contributed by atoms with van der Waals surface area (Å²) in [6.07, 6.45) is 2.12. The van der Waals surface area contributed by atoms with Crippen molar-refractivity contribution in [1.29, 1.82) is 0 Å². The lowest BCUT2D eigenvalue weighted by molar-refractivity contribution is 0.447.